The second kappa shape index (κ2) is 6.43. The first kappa shape index (κ1) is 12.9. The molecule has 88 valence electrons. The van der Waals surface area contributed by atoms with Gasteiger partial charge in [0.15, 0.2) is 0 Å². The maximum Gasteiger partial charge on any atom is 0.349 e. The number of carbonyl (C=O) groups is 1. The first-order valence-corrected chi connectivity index (χ1v) is 6.99. The number of urea groups is 1. The Morgan fingerprint density at radius 3 is 2.31 bits per heavy atom. The lowest BCUT2D eigenvalue weighted by Gasteiger charge is -2.15. The van der Waals surface area contributed by atoms with Crippen molar-refractivity contribution >= 4 is 16.7 Å². The summed E-state index contributed by atoms with van der Waals surface area (Å²) in [4.78, 5) is 14.6. The van der Waals surface area contributed by atoms with Crippen LogP contribution in [0.15, 0.2) is 39.6 Å². The normalized spacial score (nSPS) is 12.4. The Hall–Kier alpha value is -1.16. The maximum absolute atomic E-state index is 11.8. The number of carbonyl (C=O) groups excluding carboxylic acids is 1. The number of hydrogen-bond acceptors (Lipinski definition) is 1. The van der Waals surface area contributed by atoms with E-state index in [4.69, 9.17) is 0 Å². The highest BCUT2D eigenvalue weighted by Crippen LogP contribution is 2.07. The fourth-order valence-corrected chi connectivity index (χ4v) is 2.35. The van der Waals surface area contributed by atoms with Gasteiger partial charge in [0.25, 0.3) is 0 Å². The Morgan fingerprint density at radius 2 is 1.81 bits per heavy atom. The van der Waals surface area contributed by atoms with E-state index in [0.717, 1.165) is 4.90 Å². The molecule has 3 nitrogen and oxygen atoms in total. The summed E-state index contributed by atoms with van der Waals surface area (Å²) in [7, 11) is -0.353. The third-order valence-corrected chi connectivity index (χ3v) is 3.72. The van der Waals surface area contributed by atoms with Gasteiger partial charge in [0.1, 0.15) is 0 Å². The Kier molecular flexibility index (Phi) is 5.19. The fourth-order valence-electron chi connectivity index (χ4n) is 1.34. The zero-order valence-corrected chi connectivity index (χ0v) is 10.8. The molecule has 1 rings (SSSR count). The van der Waals surface area contributed by atoms with E-state index in [1.165, 1.54) is 0 Å². The van der Waals surface area contributed by atoms with Gasteiger partial charge in [-0.2, -0.15) is 4.36 Å². The highest BCUT2D eigenvalue weighted by Gasteiger charge is 2.08. The van der Waals surface area contributed by atoms with Gasteiger partial charge < -0.3 is 4.90 Å². The maximum atomic E-state index is 11.8. The van der Waals surface area contributed by atoms with Crippen molar-refractivity contribution in [3.05, 3.63) is 30.3 Å². The largest absolute Gasteiger partial charge is 0.349 e. The highest BCUT2D eigenvalue weighted by atomic mass is 32.2. The third-order valence-electron chi connectivity index (χ3n) is 2.33. The molecule has 0 saturated heterocycles. The minimum atomic E-state index is -0.353. The van der Waals surface area contributed by atoms with Gasteiger partial charge in [-0.05, 0) is 32.2 Å². The Labute approximate surface area is 99.6 Å². The van der Waals surface area contributed by atoms with Crippen LogP contribution in [0.3, 0.4) is 0 Å². The van der Waals surface area contributed by atoms with Crippen LogP contribution in [0.25, 0.3) is 0 Å². The number of nitrogens with zero attached hydrogens (tertiary/aromatic N) is 2. The summed E-state index contributed by atoms with van der Waals surface area (Å²) >= 11 is 0. The van der Waals surface area contributed by atoms with Crippen molar-refractivity contribution in [2.24, 2.45) is 4.36 Å². The van der Waals surface area contributed by atoms with Crippen LogP contribution in [0.2, 0.25) is 0 Å². The summed E-state index contributed by atoms with van der Waals surface area (Å²) in [6.07, 6.45) is 1.97. The van der Waals surface area contributed by atoms with E-state index in [2.05, 4.69) is 4.36 Å². The Balaban J connectivity index is 2.81. The second-order valence-corrected chi connectivity index (χ2v) is 4.95. The lowest BCUT2D eigenvalue weighted by molar-refractivity contribution is 0.214. The summed E-state index contributed by atoms with van der Waals surface area (Å²) in [6.45, 7) is 5.36. The van der Waals surface area contributed by atoms with Crippen LogP contribution < -0.4 is 0 Å². The van der Waals surface area contributed by atoms with Gasteiger partial charge in [-0.1, -0.05) is 28.9 Å². The second-order valence-electron chi connectivity index (χ2n) is 3.34. The fraction of sp³-hybridized carbons (Fsp3) is 0.417. The summed E-state index contributed by atoms with van der Waals surface area (Å²) in [5.41, 5.74) is 0. The van der Waals surface area contributed by atoms with E-state index < -0.39 is 0 Å². The van der Waals surface area contributed by atoms with Gasteiger partial charge >= 0.3 is 6.03 Å². The molecular weight excluding hydrogens is 220 g/mol. The van der Waals surface area contributed by atoms with E-state index >= 15 is 0 Å². The summed E-state index contributed by atoms with van der Waals surface area (Å²) in [6, 6.07) is 9.79. The van der Waals surface area contributed by atoms with E-state index in [-0.39, 0.29) is 16.7 Å². The van der Waals surface area contributed by atoms with Crippen LogP contribution in [0.5, 0.6) is 0 Å². The molecule has 2 amide bonds. The molecule has 0 N–H and O–H groups in total. The molecule has 1 aromatic carbocycles. The van der Waals surface area contributed by atoms with Crippen molar-refractivity contribution in [3.63, 3.8) is 0 Å². The molecule has 0 aliphatic carbocycles. The lowest BCUT2D eigenvalue weighted by atomic mass is 10.4. The third kappa shape index (κ3) is 3.45. The summed E-state index contributed by atoms with van der Waals surface area (Å²) in [5, 5.41) is 0. The number of amides is 2. The minimum Gasteiger partial charge on any atom is -0.323 e. The zero-order chi connectivity index (χ0) is 12.0. The average Bonchev–Trinajstić information content (AvgIpc) is 2.31. The Morgan fingerprint density at radius 1 is 1.25 bits per heavy atom. The smallest absolute Gasteiger partial charge is 0.323 e. The molecule has 4 heteroatoms. The molecule has 0 bridgehead atoms. The van der Waals surface area contributed by atoms with Crippen LogP contribution in [-0.2, 0) is 10.7 Å². The minimum absolute atomic E-state index is 0.111. The van der Waals surface area contributed by atoms with Crippen molar-refractivity contribution in [3.8, 4) is 0 Å². The summed E-state index contributed by atoms with van der Waals surface area (Å²) < 4.78 is 4.20. The van der Waals surface area contributed by atoms with Gasteiger partial charge in [0.05, 0.1) is 0 Å². The number of rotatable bonds is 3. The van der Waals surface area contributed by atoms with Gasteiger partial charge in [0, 0.05) is 18.0 Å². The number of benzene rings is 1. The van der Waals surface area contributed by atoms with Crippen molar-refractivity contribution in [2.45, 2.75) is 18.7 Å². The van der Waals surface area contributed by atoms with Gasteiger partial charge in [-0.3, -0.25) is 0 Å². The molecule has 1 aromatic rings. The van der Waals surface area contributed by atoms with Gasteiger partial charge in [0.2, 0.25) is 0 Å². The van der Waals surface area contributed by atoms with Crippen molar-refractivity contribution < 1.29 is 4.79 Å². The first-order valence-electron chi connectivity index (χ1n) is 5.40. The quantitative estimate of drug-likeness (QED) is 0.797. The van der Waals surface area contributed by atoms with E-state index in [0.29, 0.717) is 13.1 Å². The molecule has 0 aliphatic heterocycles. The molecule has 1 unspecified atom stereocenters. The SMILES string of the molecule is CCN(CC)C(=O)/N=S(\C)c1ccccc1. The van der Waals surface area contributed by atoms with Crippen LogP contribution in [0.4, 0.5) is 4.79 Å². The topological polar surface area (TPSA) is 32.7 Å². The molecular formula is C12H18N2OS. The van der Waals surface area contributed by atoms with Crippen molar-refractivity contribution in [1.29, 1.82) is 0 Å². The Bertz CT molecular complexity index is 372. The molecule has 1 atom stereocenters. The predicted molar refractivity (Wildman–Crippen MR) is 68.7 cm³/mol. The van der Waals surface area contributed by atoms with E-state index in [1.54, 1.807) is 4.90 Å². The molecule has 0 fully saturated rings. The van der Waals surface area contributed by atoms with Crippen molar-refractivity contribution in [2.75, 3.05) is 19.3 Å². The van der Waals surface area contributed by atoms with Crippen LogP contribution in [0.1, 0.15) is 13.8 Å². The van der Waals surface area contributed by atoms with Crippen LogP contribution in [-0.4, -0.2) is 30.3 Å². The van der Waals surface area contributed by atoms with Crippen LogP contribution in [0, 0.1) is 0 Å². The molecule has 0 radical (unpaired) electrons. The summed E-state index contributed by atoms with van der Waals surface area (Å²) in [5.74, 6) is 0. The van der Waals surface area contributed by atoms with E-state index in [9.17, 15) is 4.79 Å². The molecule has 0 spiro atoms. The average molecular weight is 238 g/mol. The molecule has 0 aliphatic rings. The molecule has 0 heterocycles. The molecule has 0 aromatic heterocycles. The standard InChI is InChI=1S/C12H18N2OS/c1-4-14(5-2)12(15)13-16(3)11-9-7-6-8-10-11/h6-10H,4-5H2,1-3H3. The number of hydrogen-bond donors (Lipinski definition) is 0. The zero-order valence-electron chi connectivity index (χ0n) is 10.0. The highest BCUT2D eigenvalue weighted by molar-refractivity contribution is 7.86. The van der Waals surface area contributed by atoms with Crippen LogP contribution >= 0.6 is 0 Å². The van der Waals surface area contributed by atoms with Gasteiger partial charge in [-0.15, -0.1) is 0 Å². The molecule has 0 saturated carbocycles. The van der Waals surface area contributed by atoms with Crippen molar-refractivity contribution in [1.82, 2.24) is 4.90 Å². The monoisotopic (exact) mass is 238 g/mol. The predicted octanol–water partition coefficient (Wildman–Crippen LogP) is 2.94. The molecule has 16 heavy (non-hydrogen) atoms. The van der Waals surface area contributed by atoms with E-state index in [1.807, 2.05) is 50.4 Å². The lowest BCUT2D eigenvalue weighted by Crippen LogP contribution is -2.27. The van der Waals surface area contributed by atoms with Gasteiger partial charge in [-0.25, -0.2) is 4.79 Å². The first-order chi connectivity index (χ1) is 7.69.